The molecule has 0 aromatic carbocycles. The van der Waals surface area contributed by atoms with E-state index in [0.717, 1.165) is 5.13 Å². The third-order valence-electron chi connectivity index (χ3n) is 1.06. The lowest BCUT2D eigenvalue weighted by Crippen LogP contribution is -2.39. The Morgan fingerprint density at radius 3 is 2.91 bits per heavy atom. The van der Waals surface area contributed by atoms with Gasteiger partial charge in [-0.2, -0.15) is 4.37 Å². The van der Waals surface area contributed by atoms with Crippen LogP contribution in [0, 0.1) is 0 Å². The standard InChI is InChI=1S/C6H12N4S/c1-6(2,7)3-8-5-9-4-10-11-5/h4H,3,7H2,1-2H3,(H,8,9,10). The van der Waals surface area contributed by atoms with Crippen LogP contribution in [-0.4, -0.2) is 21.4 Å². The van der Waals surface area contributed by atoms with Crippen molar-refractivity contribution < 1.29 is 0 Å². The van der Waals surface area contributed by atoms with Crippen LogP contribution in [0.1, 0.15) is 13.8 Å². The van der Waals surface area contributed by atoms with Gasteiger partial charge in [0.1, 0.15) is 6.33 Å². The Hall–Kier alpha value is -0.680. The number of nitrogens with one attached hydrogen (secondary N) is 1. The lowest BCUT2D eigenvalue weighted by molar-refractivity contribution is 0.549. The summed E-state index contributed by atoms with van der Waals surface area (Å²) in [6.45, 7) is 4.63. The Morgan fingerprint density at radius 1 is 1.73 bits per heavy atom. The van der Waals surface area contributed by atoms with Gasteiger partial charge in [0.05, 0.1) is 0 Å². The van der Waals surface area contributed by atoms with E-state index in [0.29, 0.717) is 6.54 Å². The fourth-order valence-electron chi connectivity index (χ4n) is 0.554. The minimum Gasteiger partial charge on any atom is -0.358 e. The highest BCUT2D eigenvalue weighted by atomic mass is 32.1. The van der Waals surface area contributed by atoms with Crippen LogP contribution in [0.5, 0.6) is 0 Å². The Bertz CT molecular complexity index is 201. The molecule has 3 N–H and O–H groups in total. The van der Waals surface area contributed by atoms with Crippen molar-refractivity contribution in [3.05, 3.63) is 6.33 Å². The maximum Gasteiger partial charge on any atom is 0.202 e. The number of nitrogens with two attached hydrogens (primary N) is 1. The molecule has 0 bridgehead atoms. The summed E-state index contributed by atoms with van der Waals surface area (Å²) in [6, 6.07) is 0. The highest BCUT2D eigenvalue weighted by Crippen LogP contribution is 2.07. The van der Waals surface area contributed by atoms with Crippen molar-refractivity contribution in [2.24, 2.45) is 5.73 Å². The zero-order valence-corrected chi connectivity index (χ0v) is 7.48. The van der Waals surface area contributed by atoms with E-state index in [1.54, 1.807) is 0 Å². The summed E-state index contributed by atoms with van der Waals surface area (Å²) in [5.41, 5.74) is 5.54. The maximum atomic E-state index is 5.75. The zero-order chi connectivity index (χ0) is 8.32. The summed E-state index contributed by atoms with van der Waals surface area (Å²) < 4.78 is 3.85. The van der Waals surface area contributed by atoms with Crippen LogP contribution < -0.4 is 11.1 Å². The normalized spacial score (nSPS) is 11.5. The maximum absolute atomic E-state index is 5.75. The van der Waals surface area contributed by atoms with Crippen molar-refractivity contribution >= 4 is 16.7 Å². The molecule has 0 radical (unpaired) electrons. The number of hydrogen-bond donors (Lipinski definition) is 2. The second-order valence-corrected chi connectivity index (χ2v) is 3.87. The molecular weight excluding hydrogens is 160 g/mol. The molecule has 5 heteroatoms. The van der Waals surface area contributed by atoms with Gasteiger partial charge in [-0.1, -0.05) is 0 Å². The second-order valence-electron chi connectivity index (χ2n) is 3.09. The van der Waals surface area contributed by atoms with Gasteiger partial charge in [0.15, 0.2) is 0 Å². The van der Waals surface area contributed by atoms with Gasteiger partial charge in [0, 0.05) is 23.6 Å². The predicted octanol–water partition coefficient (Wildman–Crippen LogP) is 0.687. The highest BCUT2D eigenvalue weighted by Gasteiger charge is 2.10. The van der Waals surface area contributed by atoms with E-state index in [2.05, 4.69) is 14.7 Å². The van der Waals surface area contributed by atoms with E-state index >= 15 is 0 Å². The molecule has 1 heterocycles. The molecule has 0 saturated heterocycles. The number of hydrogen-bond acceptors (Lipinski definition) is 5. The summed E-state index contributed by atoms with van der Waals surface area (Å²) in [4.78, 5) is 3.96. The molecule has 0 atom stereocenters. The van der Waals surface area contributed by atoms with Crippen LogP contribution in [-0.2, 0) is 0 Å². The molecule has 62 valence electrons. The summed E-state index contributed by atoms with van der Waals surface area (Å²) in [5, 5.41) is 3.91. The first-order chi connectivity index (χ1) is 5.08. The quantitative estimate of drug-likeness (QED) is 0.704. The molecule has 11 heavy (non-hydrogen) atoms. The lowest BCUT2D eigenvalue weighted by atomic mass is 10.1. The van der Waals surface area contributed by atoms with Gasteiger partial charge < -0.3 is 11.1 Å². The van der Waals surface area contributed by atoms with E-state index in [1.807, 2.05) is 13.8 Å². The zero-order valence-electron chi connectivity index (χ0n) is 6.66. The number of nitrogens with zero attached hydrogens (tertiary/aromatic N) is 2. The van der Waals surface area contributed by atoms with E-state index in [4.69, 9.17) is 5.73 Å². The topological polar surface area (TPSA) is 63.8 Å². The number of anilines is 1. The third kappa shape index (κ3) is 3.29. The molecule has 0 fully saturated rings. The molecule has 0 unspecified atom stereocenters. The summed E-state index contributed by atoms with van der Waals surface area (Å²) in [7, 11) is 0. The van der Waals surface area contributed by atoms with Gasteiger partial charge in [0.2, 0.25) is 5.13 Å². The van der Waals surface area contributed by atoms with Crippen molar-refractivity contribution in [1.82, 2.24) is 9.36 Å². The molecular formula is C6H12N4S. The molecule has 0 amide bonds. The average Bonchev–Trinajstić information content (AvgIpc) is 2.32. The molecule has 0 aliphatic carbocycles. The van der Waals surface area contributed by atoms with Crippen molar-refractivity contribution in [1.29, 1.82) is 0 Å². The van der Waals surface area contributed by atoms with Crippen LogP contribution in [0.3, 0.4) is 0 Å². The van der Waals surface area contributed by atoms with Gasteiger partial charge in [0.25, 0.3) is 0 Å². The second kappa shape index (κ2) is 3.15. The summed E-state index contributed by atoms with van der Waals surface area (Å²) in [6.07, 6.45) is 1.52. The summed E-state index contributed by atoms with van der Waals surface area (Å²) in [5.74, 6) is 0. The van der Waals surface area contributed by atoms with E-state index < -0.39 is 0 Å². The average molecular weight is 172 g/mol. The fraction of sp³-hybridized carbons (Fsp3) is 0.667. The van der Waals surface area contributed by atoms with Gasteiger partial charge in [-0.15, -0.1) is 0 Å². The van der Waals surface area contributed by atoms with Crippen LogP contribution in [0.2, 0.25) is 0 Å². The van der Waals surface area contributed by atoms with Crippen LogP contribution in [0.25, 0.3) is 0 Å². The molecule has 1 rings (SSSR count). The Balaban J connectivity index is 2.35. The molecule has 4 nitrogen and oxygen atoms in total. The molecule has 0 aliphatic heterocycles. The largest absolute Gasteiger partial charge is 0.358 e. The third-order valence-corrected chi connectivity index (χ3v) is 1.68. The SMILES string of the molecule is CC(C)(N)CNc1ncns1. The predicted molar refractivity (Wildman–Crippen MR) is 46.7 cm³/mol. The minimum absolute atomic E-state index is 0.203. The van der Waals surface area contributed by atoms with Crippen molar-refractivity contribution in [3.63, 3.8) is 0 Å². The van der Waals surface area contributed by atoms with Crippen molar-refractivity contribution in [3.8, 4) is 0 Å². The van der Waals surface area contributed by atoms with Crippen molar-refractivity contribution in [2.45, 2.75) is 19.4 Å². The lowest BCUT2D eigenvalue weighted by Gasteiger charge is -2.17. The van der Waals surface area contributed by atoms with E-state index in [-0.39, 0.29) is 5.54 Å². The van der Waals surface area contributed by atoms with Gasteiger partial charge in [-0.25, -0.2) is 4.98 Å². The first-order valence-corrected chi connectivity index (χ1v) is 4.15. The molecule has 0 saturated carbocycles. The van der Waals surface area contributed by atoms with Crippen molar-refractivity contribution in [2.75, 3.05) is 11.9 Å². The van der Waals surface area contributed by atoms with Gasteiger partial charge in [-0.3, -0.25) is 0 Å². The first-order valence-electron chi connectivity index (χ1n) is 3.37. The van der Waals surface area contributed by atoms with Crippen LogP contribution in [0.15, 0.2) is 6.33 Å². The molecule has 1 aromatic rings. The Kier molecular flexibility index (Phi) is 2.41. The highest BCUT2D eigenvalue weighted by molar-refractivity contribution is 7.09. The van der Waals surface area contributed by atoms with Gasteiger partial charge >= 0.3 is 0 Å². The smallest absolute Gasteiger partial charge is 0.202 e. The fourth-order valence-corrected chi connectivity index (χ4v) is 0.980. The molecule has 0 aliphatic rings. The molecule has 1 aromatic heterocycles. The van der Waals surface area contributed by atoms with E-state index in [9.17, 15) is 0 Å². The number of aromatic nitrogens is 2. The van der Waals surface area contributed by atoms with Crippen LogP contribution >= 0.6 is 11.5 Å². The monoisotopic (exact) mass is 172 g/mol. The van der Waals surface area contributed by atoms with Crippen LogP contribution in [0.4, 0.5) is 5.13 Å². The Morgan fingerprint density at radius 2 is 2.45 bits per heavy atom. The summed E-state index contributed by atoms with van der Waals surface area (Å²) >= 11 is 1.34. The minimum atomic E-state index is -0.203. The van der Waals surface area contributed by atoms with E-state index in [1.165, 1.54) is 17.9 Å². The first kappa shape index (κ1) is 8.42. The number of rotatable bonds is 3. The van der Waals surface area contributed by atoms with Gasteiger partial charge in [-0.05, 0) is 13.8 Å². The Labute approximate surface area is 70.0 Å². The molecule has 0 spiro atoms.